The Morgan fingerprint density at radius 1 is 1.39 bits per heavy atom. The van der Waals surface area contributed by atoms with Gasteiger partial charge >= 0.3 is 0 Å². The Labute approximate surface area is 109 Å². The van der Waals surface area contributed by atoms with Crippen LogP contribution in [0.5, 0.6) is 0 Å². The number of nitrogens with zero attached hydrogens (tertiary/aromatic N) is 3. The minimum absolute atomic E-state index is 0.107. The standard InChI is InChI=1S/C13H24N4O/c1-13(2,3)15-8-12-14-10-16-17(12)9-11-4-6-18-7-5-11/h10-11,15H,4-9H2,1-3H3. The molecular weight excluding hydrogens is 228 g/mol. The van der Waals surface area contributed by atoms with E-state index in [1.165, 1.54) is 0 Å². The fourth-order valence-electron chi connectivity index (χ4n) is 2.10. The SMILES string of the molecule is CC(C)(C)NCc1ncnn1CC1CCOCC1. The Bertz CT molecular complexity index is 363. The number of aromatic nitrogens is 3. The highest BCUT2D eigenvalue weighted by molar-refractivity contribution is 4.87. The molecule has 0 spiro atoms. The summed E-state index contributed by atoms with van der Waals surface area (Å²) in [4.78, 5) is 4.34. The molecule has 0 saturated carbocycles. The van der Waals surface area contributed by atoms with Gasteiger partial charge < -0.3 is 10.1 Å². The van der Waals surface area contributed by atoms with Crippen molar-refractivity contribution < 1.29 is 4.74 Å². The number of ether oxygens (including phenoxy) is 1. The highest BCUT2D eigenvalue weighted by Gasteiger charge is 2.17. The van der Waals surface area contributed by atoms with Crippen LogP contribution >= 0.6 is 0 Å². The molecule has 1 N–H and O–H groups in total. The number of rotatable bonds is 4. The predicted molar refractivity (Wildman–Crippen MR) is 70.2 cm³/mol. The van der Waals surface area contributed by atoms with Gasteiger partial charge in [-0.15, -0.1) is 0 Å². The summed E-state index contributed by atoms with van der Waals surface area (Å²) in [6.45, 7) is 9.98. The highest BCUT2D eigenvalue weighted by Crippen LogP contribution is 2.17. The van der Waals surface area contributed by atoms with Gasteiger partial charge in [-0.25, -0.2) is 9.67 Å². The average molecular weight is 252 g/mol. The average Bonchev–Trinajstić information content (AvgIpc) is 2.74. The van der Waals surface area contributed by atoms with Crippen molar-refractivity contribution in [2.45, 2.75) is 52.2 Å². The molecule has 0 unspecified atom stereocenters. The van der Waals surface area contributed by atoms with Crippen LogP contribution in [0.15, 0.2) is 6.33 Å². The van der Waals surface area contributed by atoms with Crippen molar-refractivity contribution >= 4 is 0 Å². The molecule has 0 atom stereocenters. The molecule has 102 valence electrons. The zero-order chi connectivity index (χ0) is 13.0. The van der Waals surface area contributed by atoms with Crippen LogP contribution in [0.25, 0.3) is 0 Å². The van der Waals surface area contributed by atoms with E-state index in [2.05, 4.69) is 36.2 Å². The monoisotopic (exact) mass is 252 g/mol. The van der Waals surface area contributed by atoms with Crippen LogP contribution in [0, 0.1) is 5.92 Å². The summed E-state index contributed by atoms with van der Waals surface area (Å²) in [7, 11) is 0. The van der Waals surface area contributed by atoms with Crippen LogP contribution in [-0.4, -0.2) is 33.5 Å². The van der Waals surface area contributed by atoms with E-state index >= 15 is 0 Å². The lowest BCUT2D eigenvalue weighted by Gasteiger charge is -2.23. The third-order valence-electron chi connectivity index (χ3n) is 3.24. The second kappa shape index (κ2) is 5.80. The van der Waals surface area contributed by atoms with Gasteiger partial charge in [-0.05, 0) is 39.5 Å². The van der Waals surface area contributed by atoms with Gasteiger partial charge in [-0.3, -0.25) is 0 Å². The molecule has 1 saturated heterocycles. The Morgan fingerprint density at radius 2 is 2.11 bits per heavy atom. The third kappa shape index (κ3) is 4.07. The summed E-state index contributed by atoms with van der Waals surface area (Å²) in [5.41, 5.74) is 0.107. The summed E-state index contributed by atoms with van der Waals surface area (Å²) in [6.07, 6.45) is 3.91. The van der Waals surface area contributed by atoms with Crippen LogP contribution in [-0.2, 0) is 17.8 Å². The number of hydrogen-bond donors (Lipinski definition) is 1. The van der Waals surface area contributed by atoms with E-state index < -0.39 is 0 Å². The molecule has 1 aromatic rings. The Kier molecular flexibility index (Phi) is 4.35. The topological polar surface area (TPSA) is 52.0 Å². The van der Waals surface area contributed by atoms with Crippen LogP contribution in [0.1, 0.15) is 39.4 Å². The van der Waals surface area contributed by atoms with E-state index in [0.29, 0.717) is 5.92 Å². The largest absolute Gasteiger partial charge is 0.381 e. The molecule has 1 aliphatic heterocycles. The molecule has 1 aromatic heterocycles. The Hall–Kier alpha value is -0.940. The molecule has 0 amide bonds. The second-order valence-electron chi connectivity index (χ2n) is 6.02. The van der Waals surface area contributed by atoms with Crippen LogP contribution in [0.2, 0.25) is 0 Å². The van der Waals surface area contributed by atoms with Crippen LogP contribution in [0.3, 0.4) is 0 Å². The molecule has 0 aromatic carbocycles. The Morgan fingerprint density at radius 3 is 2.78 bits per heavy atom. The molecule has 1 aliphatic rings. The molecular formula is C13H24N4O. The number of nitrogens with one attached hydrogen (secondary N) is 1. The predicted octanol–water partition coefficient (Wildman–Crippen LogP) is 1.59. The first-order valence-corrected chi connectivity index (χ1v) is 6.74. The van der Waals surface area contributed by atoms with Gasteiger partial charge in [-0.1, -0.05) is 0 Å². The minimum atomic E-state index is 0.107. The molecule has 5 nitrogen and oxygen atoms in total. The molecule has 2 heterocycles. The zero-order valence-corrected chi connectivity index (χ0v) is 11.6. The normalized spacial score (nSPS) is 18.2. The summed E-state index contributed by atoms with van der Waals surface area (Å²) in [5, 5.41) is 7.79. The summed E-state index contributed by atoms with van der Waals surface area (Å²) < 4.78 is 7.42. The van der Waals surface area contributed by atoms with Crippen LogP contribution in [0.4, 0.5) is 0 Å². The second-order valence-corrected chi connectivity index (χ2v) is 6.02. The maximum atomic E-state index is 5.38. The van der Waals surface area contributed by atoms with Gasteiger partial charge in [0.25, 0.3) is 0 Å². The Balaban J connectivity index is 1.90. The van der Waals surface area contributed by atoms with Crippen molar-refractivity contribution in [3.05, 3.63) is 12.2 Å². The lowest BCUT2D eigenvalue weighted by Crippen LogP contribution is -2.36. The summed E-state index contributed by atoms with van der Waals surface area (Å²) in [5.74, 6) is 1.70. The van der Waals surface area contributed by atoms with Crippen molar-refractivity contribution in [2.75, 3.05) is 13.2 Å². The van der Waals surface area contributed by atoms with Gasteiger partial charge in [0.05, 0.1) is 6.54 Å². The molecule has 5 heteroatoms. The lowest BCUT2D eigenvalue weighted by molar-refractivity contribution is 0.0597. The molecule has 0 radical (unpaired) electrons. The van der Waals surface area contributed by atoms with Crippen molar-refractivity contribution in [1.29, 1.82) is 0 Å². The maximum Gasteiger partial charge on any atom is 0.140 e. The van der Waals surface area contributed by atoms with E-state index in [0.717, 1.165) is 45.0 Å². The molecule has 0 aliphatic carbocycles. The molecule has 0 bridgehead atoms. The fraction of sp³-hybridized carbons (Fsp3) is 0.846. The van der Waals surface area contributed by atoms with Gasteiger partial charge in [0, 0.05) is 25.3 Å². The van der Waals surface area contributed by atoms with Crippen molar-refractivity contribution in [3.8, 4) is 0 Å². The first-order valence-electron chi connectivity index (χ1n) is 6.74. The first kappa shape index (κ1) is 13.5. The number of hydrogen-bond acceptors (Lipinski definition) is 4. The molecule has 18 heavy (non-hydrogen) atoms. The molecule has 1 fully saturated rings. The smallest absolute Gasteiger partial charge is 0.140 e. The fourth-order valence-corrected chi connectivity index (χ4v) is 2.10. The quantitative estimate of drug-likeness (QED) is 0.884. The third-order valence-corrected chi connectivity index (χ3v) is 3.24. The van der Waals surface area contributed by atoms with Crippen molar-refractivity contribution in [3.63, 3.8) is 0 Å². The van der Waals surface area contributed by atoms with Gasteiger partial charge in [0.2, 0.25) is 0 Å². The minimum Gasteiger partial charge on any atom is -0.381 e. The van der Waals surface area contributed by atoms with Crippen molar-refractivity contribution in [2.24, 2.45) is 5.92 Å². The first-order chi connectivity index (χ1) is 8.54. The summed E-state index contributed by atoms with van der Waals surface area (Å²) in [6, 6.07) is 0. The van der Waals surface area contributed by atoms with E-state index in [-0.39, 0.29) is 5.54 Å². The van der Waals surface area contributed by atoms with E-state index in [1.54, 1.807) is 6.33 Å². The van der Waals surface area contributed by atoms with E-state index in [4.69, 9.17) is 4.74 Å². The van der Waals surface area contributed by atoms with Gasteiger partial charge in [-0.2, -0.15) is 5.10 Å². The van der Waals surface area contributed by atoms with E-state index in [1.807, 2.05) is 4.68 Å². The van der Waals surface area contributed by atoms with Gasteiger partial charge in [0.1, 0.15) is 12.2 Å². The highest BCUT2D eigenvalue weighted by atomic mass is 16.5. The van der Waals surface area contributed by atoms with Gasteiger partial charge in [0.15, 0.2) is 0 Å². The van der Waals surface area contributed by atoms with E-state index in [9.17, 15) is 0 Å². The maximum absolute atomic E-state index is 5.38. The lowest BCUT2D eigenvalue weighted by atomic mass is 10.0. The van der Waals surface area contributed by atoms with Crippen LogP contribution < -0.4 is 5.32 Å². The van der Waals surface area contributed by atoms with Crippen molar-refractivity contribution in [1.82, 2.24) is 20.1 Å². The zero-order valence-electron chi connectivity index (χ0n) is 11.6. The molecule has 2 rings (SSSR count). The summed E-state index contributed by atoms with van der Waals surface area (Å²) >= 11 is 0.